The number of fused-ring (bicyclic) bond motifs is 1. The Balaban J connectivity index is 1.43. The fourth-order valence-electron chi connectivity index (χ4n) is 4.04. The lowest BCUT2D eigenvalue weighted by molar-refractivity contribution is -0.131. The highest BCUT2D eigenvalue weighted by Crippen LogP contribution is 2.22. The molecule has 4 rings (SSSR count). The number of carbonyl (C=O) groups is 1. The van der Waals surface area contributed by atoms with Crippen molar-refractivity contribution >= 4 is 41.0 Å². The van der Waals surface area contributed by atoms with Gasteiger partial charge in [-0.1, -0.05) is 13.8 Å². The quantitative estimate of drug-likeness (QED) is 0.443. The van der Waals surface area contributed by atoms with Gasteiger partial charge < -0.3 is 15.6 Å². The van der Waals surface area contributed by atoms with Gasteiger partial charge in [-0.15, -0.1) is 5.10 Å². The molecule has 9 nitrogen and oxygen atoms in total. The smallest absolute Gasteiger partial charge is 0.224 e. The highest BCUT2D eigenvalue weighted by atomic mass is 16.2. The third kappa shape index (κ3) is 6.44. The molecule has 35 heavy (non-hydrogen) atoms. The number of hydrogen-bond acceptors (Lipinski definition) is 8. The first kappa shape index (κ1) is 24.4. The number of piperidine rings is 1. The van der Waals surface area contributed by atoms with Gasteiger partial charge in [-0.3, -0.25) is 14.8 Å². The first-order valence-electron chi connectivity index (χ1n) is 12.2. The Kier molecular flexibility index (Phi) is 8.07. The van der Waals surface area contributed by atoms with Crippen LogP contribution in [0.25, 0.3) is 11.0 Å². The summed E-state index contributed by atoms with van der Waals surface area (Å²) in [6.45, 7) is 6.35. The molecule has 0 aliphatic carbocycles. The molecular formula is C26H32N8O. The van der Waals surface area contributed by atoms with Crippen molar-refractivity contribution in [3.63, 3.8) is 0 Å². The van der Waals surface area contributed by atoms with Crippen molar-refractivity contribution in [2.24, 2.45) is 4.99 Å². The van der Waals surface area contributed by atoms with Crippen LogP contribution in [-0.4, -0.2) is 63.0 Å². The summed E-state index contributed by atoms with van der Waals surface area (Å²) < 4.78 is 0. The van der Waals surface area contributed by atoms with Gasteiger partial charge in [-0.2, -0.15) is 5.10 Å². The van der Waals surface area contributed by atoms with Crippen molar-refractivity contribution in [2.75, 3.05) is 25.0 Å². The van der Waals surface area contributed by atoms with Crippen LogP contribution in [0.4, 0.5) is 11.6 Å². The van der Waals surface area contributed by atoms with E-state index in [2.05, 4.69) is 44.3 Å². The molecule has 1 fully saturated rings. The van der Waals surface area contributed by atoms with E-state index in [0.717, 1.165) is 42.6 Å². The summed E-state index contributed by atoms with van der Waals surface area (Å²) in [5, 5.41) is 19.3. The molecule has 4 heterocycles. The van der Waals surface area contributed by atoms with E-state index in [1.54, 1.807) is 18.6 Å². The molecule has 1 aliphatic rings. The van der Waals surface area contributed by atoms with Crippen LogP contribution in [0.3, 0.4) is 0 Å². The minimum atomic E-state index is -0.330. The third-order valence-electron chi connectivity index (χ3n) is 6.15. The lowest BCUT2D eigenvalue weighted by Gasteiger charge is -2.26. The Hall–Kier alpha value is -3.75. The molecule has 0 aromatic carbocycles. The molecule has 182 valence electrons. The third-order valence-corrected chi connectivity index (χ3v) is 6.15. The summed E-state index contributed by atoms with van der Waals surface area (Å²) in [5.41, 5.74) is 3.39. The van der Waals surface area contributed by atoms with Gasteiger partial charge in [0.2, 0.25) is 5.91 Å². The molecule has 9 heteroatoms. The van der Waals surface area contributed by atoms with Gasteiger partial charge in [0.1, 0.15) is 5.82 Å². The fourth-order valence-corrected chi connectivity index (χ4v) is 4.04. The Morgan fingerprint density at radius 2 is 1.94 bits per heavy atom. The van der Waals surface area contributed by atoms with E-state index in [1.165, 1.54) is 12.6 Å². The molecule has 1 unspecified atom stereocenters. The molecule has 2 N–H and O–H groups in total. The average Bonchev–Trinajstić information content (AvgIpc) is 2.89. The number of hydrogen-bond donors (Lipinski definition) is 2. The van der Waals surface area contributed by atoms with Gasteiger partial charge in [0.05, 0.1) is 23.1 Å². The number of aromatic nitrogens is 4. The Morgan fingerprint density at radius 1 is 1.11 bits per heavy atom. The second kappa shape index (κ2) is 11.6. The van der Waals surface area contributed by atoms with Crippen LogP contribution >= 0.6 is 0 Å². The number of nitrogens with zero attached hydrogens (tertiary/aromatic N) is 6. The van der Waals surface area contributed by atoms with Gasteiger partial charge >= 0.3 is 0 Å². The summed E-state index contributed by atoms with van der Waals surface area (Å²) in [6.07, 6.45) is 10.3. The first-order chi connectivity index (χ1) is 17.0. The molecule has 1 aliphatic heterocycles. The number of amides is 1. The van der Waals surface area contributed by atoms with Crippen LogP contribution in [0.15, 0.2) is 41.7 Å². The first-order valence-corrected chi connectivity index (χ1v) is 12.2. The van der Waals surface area contributed by atoms with Gasteiger partial charge in [-0.05, 0) is 60.6 Å². The van der Waals surface area contributed by atoms with Gasteiger partial charge in [0.15, 0.2) is 5.82 Å². The lowest BCUT2D eigenvalue weighted by Crippen LogP contribution is -2.35. The molecule has 3 aromatic heterocycles. The minimum absolute atomic E-state index is 0.161. The van der Waals surface area contributed by atoms with Gasteiger partial charge in [-0.25, -0.2) is 4.98 Å². The van der Waals surface area contributed by atoms with Crippen molar-refractivity contribution in [3.05, 3.63) is 47.8 Å². The van der Waals surface area contributed by atoms with Crippen LogP contribution in [0, 0.1) is 5.41 Å². The standard InChI is InChI=1S/C26H32N8O/c1-18(2)19-13-25(33-30-17-19)32-24-7-6-22-23(31-24)12-20(16-29-22)21(14-27)15-28-9-8-26(35)34-10-4-3-5-11-34/h6-7,12-18,21,27H,3-5,8-11H2,1-2H3,(H,31,32,33). The largest absolute Gasteiger partial charge is 0.343 e. The van der Waals surface area contributed by atoms with E-state index in [-0.39, 0.29) is 11.8 Å². The van der Waals surface area contributed by atoms with Crippen LogP contribution in [0.5, 0.6) is 0 Å². The SMILES string of the molecule is CC(C)c1cnnc(Nc2ccc3ncc(C(C=N)C=NCCC(=O)N4CCCCC4)cc3n2)c1. The second-order valence-corrected chi connectivity index (χ2v) is 9.10. The van der Waals surface area contributed by atoms with Crippen molar-refractivity contribution in [2.45, 2.75) is 51.4 Å². The van der Waals surface area contributed by atoms with Crippen LogP contribution < -0.4 is 5.32 Å². The van der Waals surface area contributed by atoms with E-state index in [4.69, 9.17) is 5.41 Å². The number of anilines is 2. The normalized spacial score (nSPS) is 15.0. The van der Waals surface area contributed by atoms with E-state index in [9.17, 15) is 4.79 Å². The summed E-state index contributed by atoms with van der Waals surface area (Å²) in [6, 6.07) is 7.64. The summed E-state index contributed by atoms with van der Waals surface area (Å²) in [7, 11) is 0. The molecule has 0 bridgehead atoms. The summed E-state index contributed by atoms with van der Waals surface area (Å²) in [4.78, 5) is 27.9. The Labute approximate surface area is 205 Å². The fraction of sp³-hybridized carbons (Fsp3) is 0.423. The van der Waals surface area contributed by atoms with E-state index >= 15 is 0 Å². The maximum absolute atomic E-state index is 12.3. The Bertz CT molecular complexity index is 1200. The van der Waals surface area contributed by atoms with E-state index in [1.807, 2.05) is 29.2 Å². The monoisotopic (exact) mass is 472 g/mol. The highest BCUT2D eigenvalue weighted by molar-refractivity contribution is 5.90. The molecule has 1 amide bonds. The zero-order valence-corrected chi connectivity index (χ0v) is 20.3. The number of likely N-dealkylation sites (tertiary alicyclic amines) is 1. The van der Waals surface area contributed by atoms with Crippen molar-refractivity contribution in [1.82, 2.24) is 25.1 Å². The van der Waals surface area contributed by atoms with Crippen molar-refractivity contribution in [1.29, 1.82) is 5.41 Å². The zero-order valence-electron chi connectivity index (χ0n) is 20.3. The van der Waals surface area contributed by atoms with Gasteiger partial charge in [0.25, 0.3) is 0 Å². The number of carbonyl (C=O) groups excluding carboxylic acids is 1. The molecule has 0 saturated carbocycles. The van der Waals surface area contributed by atoms with Gasteiger partial charge in [0, 0.05) is 44.7 Å². The van der Waals surface area contributed by atoms with Crippen LogP contribution in [-0.2, 0) is 4.79 Å². The molecule has 3 aromatic rings. The van der Waals surface area contributed by atoms with E-state index in [0.29, 0.717) is 36.0 Å². The maximum Gasteiger partial charge on any atom is 0.224 e. The van der Waals surface area contributed by atoms with Crippen LogP contribution in [0.1, 0.15) is 62.5 Å². The topological polar surface area (TPSA) is 120 Å². The highest BCUT2D eigenvalue weighted by Gasteiger charge is 2.15. The second-order valence-electron chi connectivity index (χ2n) is 9.10. The maximum atomic E-state index is 12.3. The number of nitrogens with one attached hydrogen (secondary N) is 2. The lowest BCUT2D eigenvalue weighted by atomic mass is 10.0. The molecule has 1 atom stereocenters. The number of rotatable bonds is 9. The predicted octanol–water partition coefficient (Wildman–Crippen LogP) is 4.49. The number of aliphatic imine (C=N–C) groups is 1. The molecule has 0 spiro atoms. The zero-order chi connectivity index (χ0) is 24.6. The van der Waals surface area contributed by atoms with Crippen molar-refractivity contribution < 1.29 is 4.79 Å². The number of pyridine rings is 2. The van der Waals surface area contributed by atoms with E-state index < -0.39 is 0 Å². The molecule has 1 saturated heterocycles. The average molecular weight is 473 g/mol. The van der Waals surface area contributed by atoms with Crippen LogP contribution in [0.2, 0.25) is 0 Å². The predicted molar refractivity (Wildman–Crippen MR) is 139 cm³/mol. The summed E-state index contributed by atoms with van der Waals surface area (Å²) in [5.74, 6) is 1.46. The minimum Gasteiger partial charge on any atom is -0.343 e. The Morgan fingerprint density at radius 3 is 2.71 bits per heavy atom. The molecule has 0 radical (unpaired) electrons. The molecular weight excluding hydrogens is 440 g/mol. The summed E-state index contributed by atoms with van der Waals surface area (Å²) >= 11 is 0. The van der Waals surface area contributed by atoms with Crippen molar-refractivity contribution in [3.8, 4) is 0 Å².